The molecule has 0 bridgehead atoms. The normalized spacial score (nSPS) is 15.2. The Labute approximate surface area is 79.8 Å². The van der Waals surface area contributed by atoms with Crippen molar-refractivity contribution in [3.05, 3.63) is 0 Å². The molecule has 0 N–H and O–H groups in total. The van der Waals surface area contributed by atoms with Crippen molar-refractivity contribution in [2.24, 2.45) is 5.92 Å². The second-order valence-electron chi connectivity index (χ2n) is 3.20. The summed E-state index contributed by atoms with van der Waals surface area (Å²) in [6.07, 6.45) is 0.812. The molecule has 0 aromatic heterocycles. The Morgan fingerprint density at radius 3 is 2.31 bits per heavy atom. The van der Waals surface area contributed by atoms with Gasteiger partial charge in [0.1, 0.15) is 0 Å². The molecule has 0 saturated carbocycles. The molecule has 0 unspecified atom stereocenters. The van der Waals surface area contributed by atoms with E-state index in [2.05, 4.69) is 0 Å². The van der Waals surface area contributed by atoms with Gasteiger partial charge in [0.25, 0.3) is 0 Å². The maximum atomic E-state index is 11.5. The van der Waals surface area contributed by atoms with E-state index in [1.165, 1.54) is 12.2 Å². The number of hydrogen-bond donors (Lipinski definition) is 0. The third kappa shape index (κ3) is 4.24. The molecule has 0 aromatic carbocycles. The van der Waals surface area contributed by atoms with Crippen LogP contribution in [0.25, 0.3) is 0 Å². The van der Waals surface area contributed by atoms with E-state index in [-0.39, 0.29) is 17.9 Å². The first-order chi connectivity index (χ1) is 6.02. The Hall–Kier alpha value is -0.610. The van der Waals surface area contributed by atoms with Gasteiger partial charge in [-0.15, -0.1) is 0 Å². The fourth-order valence-corrected chi connectivity index (χ4v) is 1.10. The summed E-state index contributed by atoms with van der Waals surface area (Å²) in [5, 5.41) is 1.24. The summed E-state index contributed by atoms with van der Waals surface area (Å²) in [4.78, 5) is 16.3. The van der Waals surface area contributed by atoms with E-state index in [0.29, 0.717) is 6.42 Å². The molecule has 0 fully saturated rings. The number of nitrogens with zero attached hydrogens (tertiary/aromatic N) is 1. The molecule has 0 aliphatic carbocycles. The Morgan fingerprint density at radius 1 is 1.38 bits per heavy atom. The SMILES string of the molecule is CO[C@@H](C)C[C@@H](C)C(=O)N(C)OC. The maximum Gasteiger partial charge on any atom is 0.248 e. The molecule has 0 spiro atoms. The lowest BCUT2D eigenvalue weighted by molar-refractivity contribution is -0.173. The van der Waals surface area contributed by atoms with Crippen molar-refractivity contribution >= 4 is 5.91 Å². The van der Waals surface area contributed by atoms with E-state index in [9.17, 15) is 4.79 Å². The van der Waals surface area contributed by atoms with Gasteiger partial charge in [-0.25, -0.2) is 5.06 Å². The van der Waals surface area contributed by atoms with Gasteiger partial charge in [-0.05, 0) is 13.3 Å². The van der Waals surface area contributed by atoms with E-state index in [1.807, 2.05) is 13.8 Å². The molecular weight excluding hydrogens is 170 g/mol. The lowest BCUT2D eigenvalue weighted by Gasteiger charge is -2.20. The highest BCUT2D eigenvalue weighted by Crippen LogP contribution is 2.10. The number of hydroxylamine groups is 2. The van der Waals surface area contributed by atoms with Gasteiger partial charge in [0.05, 0.1) is 13.2 Å². The highest BCUT2D eigenvalue weighted by molar-refractivity contribution is 5.77. The van der Waals surface area contributed by atoms with Crippen molar-refractivity contribution in [3.8, 4) is 0 Å². The monoisotopic (exact) mass is 189 g/mol. The topological polar surface area (TPSA) is 38.8 Å². The van der Waals surface area contributed by atoms with Crippen LogP contribution < -0.4 is 0 Å². The van der Waals surface area contributed by atoms with Gasteiger partial charge < -0.3 is 4.74 Å². The number of carbonyl (C=O) groups is 1. The standard InChI is InChI=1S/C9H19NO3/c1-7(6-8(2)12-4)9(11)10(3)13-5/h7-8H,6H2,1-5H3/t7-,8+/m1/s1. The summed E-state index contributed by atoms with van der Waals surface area (Å²) in [5.74, 6) is -0.0914. The lowest BCUT2D eigenvalue weighted by atomic mass is 10.0. The summed E-state index contributed by atoms with van der Waals surface area (Å²) < 4.78 is 5.07. The fraction of sp³-hybridized carbons (Fsp3) is 0.889. The number of hydrogen-bond acceptors (Lipinski definition) is 3. The summed E-state index contributed by atoms with van der Waals surface area (Å²) >= 11 is 0. The third-order valence-electron chi connectivity index (χ3n) is 2.09. The maximum absolute atomic E-state index is 11.5. The third-order valence-corrected chi connectivity index (χ3v) is 2.09. The van der Waals surface area contributed by atoms with Gasteiger partial charge in [-0.2, -0.15) is 0 Å². The van der Waals surface area contributed by atoms with Gasteiger partial charge in [0.2, 0.25) is 5.91 Å². The molecule has 0 saturated heterocycles. The predicted octanol–water partition coefficient (Wildman–Crippen LogP) is 1.07. The molecule has 0 aliphatic heterocycles. The molecule has 4 heteroatoms. The Balaban J connectivity index is 3.95. The fourth-order valence-electron chi connectivity index (χ4n) is 1.10. The van der Waals surface area contributed by atoms with Crippen molar-refractivity contribution in [1.82, 2.24) is 5.06 Å². The highest BCUT2D eigenvalue weighted by Gasteiger charge is 2.19. The molecule has 0 aliphatic rings. The molecule has 0 radical (unpaired) electrons. The van der Waals surface area contributed by atoms with Crippen LogP contribution in [0.15, 0.2) is 0 Å². The first kappa shape index (κ1) is 12.4. The minimum Gasteiger partial charge on any atom is -0.382 e. The zero-order valence-corrected chi connectivity index (χ0v) is 9.03. The van der Waals surface area contributed by atoms with Crippen LogP contribution in [0.2, 0.25) is 0 Å². The van der Waals surface area contributed by atoms with Gasteiger partial charge in [0.15, 0.2) is 0 Å². The molecular formula is C9H19NO3. The molecule has 0 aromatic rings. The number of ether oxygens (including phenoxy) is 1. The molecule has 13 heavy (non-hydrogen) atoms. The molecule has 0 rings (SSSR count). The van der Waals surface area contributed by atoms with Crippen molar-refractivity contribution < 1.29 is 14.4 Å². The molecule has 1 amide bonds. The average Bonchev–Trinajstić information content (AvgIpc) is 2.14. The van der Waals surface area contributed by atoms with Crippen molar-refractivity contribution in [3.63, 3.8) is 0 Å². The largest absolute Gasteiger partial charge is 0.382 e. The molecule has 0 heterocycles. The van der Waals surface area contributed by atoms with Crippen LogP contribution in [-0.2, 0) is 14.4 Å². The van der Waals surface area contributed by atoms with Gasteiger partial charge in [-0.3, -0.25) is 9.63 Å². The lowest BCUT2D eigenvalue weighted by Crippen LogP contribution is -2.32. The zero-order chi connectivity index (χ0) is 10.4. The van der Waals surface area contributed by atoms with Crippen LogP contribution in [0, 0.1) is 5.92 Å². The second kappa shape index (κ2) is 5.94. The van der Waals surface area contributed by atoms with Crippen LogP contribution >= 0.6 is 0 Å². The first-order valence-electron chi connectivity index (χ1n) is 4.37. The number of methoxy groups -OCH3 is 1. The second-order valence-corrected chi connectivity index (χ2v) is 3.20. The van der Waals surface area contributed by atoms with Crippen molar-refractivity contribution in [2.75, 3.05) is 21.3 Å². The van der Waals surface area contributed by atoms with Crippen LogP contribution in [0.4, 0.5) is 0 Å². The average molecular weight is 189 g/mol. The quantitative estimate of drug-likeness (QED) is 0.607. The van der Waals surface area contributed by atoms with Crippen LogP contribution in [0.5, 0.6) is 0 Å². The van der Waals surface area contributed by atoms with Crippen LogP contribution in [0.3, 0.4) is 0 Å². The Bertz CT molecular complexity index is 161. The van der Waals surface area contributed by atoms with Gasteiger partial charge in [-0.1, -0.05) is 6.92 Å². The molecule has 4 nitrogen and oxygen atoms in total. The van der Waals surface area contributed by atoms with Gasteiger partial charge >= 0.3 is 0 Å². The summed E-state index contributed by atoms with van der Waals surface area (Å²) in [7, 11) is 4.72. The van der Waals surface area contributed by atoms with E-state index in [0.717, 1.165) is 0 Å². The Morgan fingerprint density at radius 2 is 1.92 bits per heavy atom. The summed E-state index contributed by atoms with van der Waals surface area (Å²) in [6, 6.07) is 0. The minimum atomic E-state index is -0.0695. The number of rotatable bonds is 5. The summed E-state index contributed by atoms with van der Waals surface area (Å²) in [6.45, 7) is 3.81. The first-order valence-corrected chi connectivity index (χ1v) is 4.37. The number of amides is 1. The van der Waals surface area contributed by atoms with E-state index in [4.69, 9.17) is 9.57 Å². The predicted molar refractivity (Wildman–Crippen MR) is 50.0 cm³/mol. The minimum absolute atomic E-state index is 0.0219. The van der Waals surface area contributed by atoms with Crippen molar-refractivity contribution in [1.29, 1.82) is 0 Å². The smallest absolute Gasteiger partial charge is 0.248 e. The van der Waals surface area contributed by atoms with Crippen LogP contribution in [0.1, 0.15) is 20.3 Å². The van der Waals surface area contributed by atoms with E-state index in [1.54, 1.807) is 14.2 Å². The van der Waals surface area contributed by atoms with Crippen LogP contribution in [-0.4, -0.2) is 38.3 Å². The van der Waals surface area contributed by atoms with E-state index >= 15 is 0 Å². The molecule has 2 atom stereocenters. The summed E-state index contributed by atoms with van der Waals surface area (Å²) in [5.41, 5.74) is 0. The number of carbonyl (C=O) groups excluding carboxylic acids is 1. The Kier molecular flexibility index (Phi) is 5.66. The van der Waals surface area contributed by atoms with E-state index < -0.39 is 0 Å². The molecule has 78 valence electrons. The zero-order valence-electron chi connectivity index (χ0n) is 9.03. The van der Waals surface area contributed by atoms with Gasteiger partial charge in [0, 0.05) is 20.1 Å². The highest BCUT2D eigenvalue weighted by atomic mass is 16.7. The van der Waals surface area contributed by atoms with Crippen molar-refractivity contribution in [2.45, 2.75) is 26.4 Å².